The van der Waals surface area contributed by atoms with Crippen molar-refractivity contribution in [3.63, 3.8) is 0 Å². The molecule has 2 unspecified atom stereocenters. The largest absolute Gasteiger partial charge is 0.383 e. The van der Waals surface area contributed by atoms with Gasteiger partial charge < -0.3 is 9.64 Å². The molecule has 92 valence electrons. The topological polar surface area (TPSA) is 39.5 Å². The minimum Gasteiger partial charge on any atom is -0.383 e. The maximum Gasteiger partial charge on any atom is 0.0638 e. The minimum atomic E-state index is 0.367. The third kappa shape index (κ3) is 3.75. The van der Waals surface area contributed by atoms with Crippen LogP contribution in [-0.2, 0) is 4.74 Å². The summed E-state index contributed by atoms with van der Waals surface area (Å²) < 4.78 is 5.14. The van der Waals surface area contributed by atoms with Gasteiger partial charge in [0.2, 0.25) is 0 Å². The van der Waals surface area contributed by atoms with Crippen LogP contribution in [0.5, 0.6) is 0 Å². The number of hydrogen-bond acceptors (Lipinski definition) is 4. The summed E-state index contributed by atoms with van der Waals surface area (Å²) in [6.07, 6.45) is 1.79. The molecule has 2 atom stereocenters. The number of rotatable bonds is 4. The smallest absolute Gasteiger partial charge is 0.0638 e. The molecule has 1 fully saturated rings. The van der Waals surface area contributed by atoms with E-state index in [0.717, 1.165) is 26.2 Å². The van der Waals surface area contributed by atoms with Crippen molar-refractivity contribution in [3.05, 3.63) is 0 Å². The van der Waals surface area contributed by atoms with Crippen LogP contribution in [0.4, 0.5) is 0 Å². The molecule has 16 heavy (non-hydrogen) atoms. The average Bonchev–Trinajstić information content (AvgIpc) is 2.40. The molecule has 1 aliphatic rings. The maximum absolute atomic E-state index is 8.84. The van der Waals surface area contributed by atoms with Gasteiger partial charge in [-0.15, -0.1) is 0 Å². The van der Waals surface area contributed by atoms with Gasteiger partial charge in [-0.1, -0.05) is 0 Å². The lowest BCUT2D eigenvalue weighted by Crippen LogP contribution is -2.42. The minimum absolute atomic E-state index is 0.367. The lowest BCUT2D eigenvalue weighted by molar-refractivity contribution is 0.117. The Balaban J connectivity index is 2.57. The highest BCUT2D eigenvalue weighted by atomic mass is 16.5. The van der Waals surface area contributed by atoms with E-state index in [9.17, 15) is 0 Å². The van der Waals surface area contributed by atoms with Gasteiger partial charge in [-0.25, -0.2) is 0 Å². The summed E-state index contributed by atoms with van der Waals surface area (Å²) in [6, 6.07) is 3.24. The van der Waals surface area contributed by atoms with Crippen molar-refractivity contribution in [2.24, 2.45) is 0 Å². The molecule has 1 rings (SSSR count). The molecule has 0 aromatic heterocycles. The second-order valence-corrected chi connectivity index (χ2v) is 4.62. The van der Waals surface area contributed by atoms with E-state index in [2.05, 4.69) is 29.8 Å². The normalized spacial score (nSPS) is 28.6. The Bertz CT molecular complexity index is 239. The van der Waals surface area contributed by atoms with E-state index in [1.165, 1.54) is 6.42 Å². The number of methoxy groups -OCH3 is 1. The standard InChI is InChI=1S/C12H23N3O/c1-11-5-7-14(2)12(4-6-13)10-15(11)8-9-16-3/h11-12H,4-5,7-10H2,1-3H3. The van der Waals surface area contributed by atoms with E-state index in [4.69, 9.17) is 10.00 Å². The van der Waals surface area contributed by atoms with E-state index < -0.39 is 0 Å². The molecule has 0 spiro atoms. The molecule has 4 nitrogen and oxygen atoms in total. The van der Waals surface area contributed by atoms with Crippen LogP contribution in [-0.4, -0.2) is 62.3 Å². The number of likely N-dealkylation sites (N-methyl/N-ethyl adjacent to an activating group) is 1. The first kappa shape index (κ1) is 13.4. The molecule has 0 radical (unpaired) electrons. The molecule has 1 aliphatic heterocycles. The fourth-order valence-corrected chi connectivity index (χ4v) is 2.19. The molecule has 1 saturated heterocycles. The maximum atomic E-state index is 8.84. The van der Waals surface area contributed by atoms with Crippen molar-refractivity contribution >= 4 is 0 Å². The van der Waals surface area contributed by atoms with Gasteiger partial charge in [0, 0.05) is 32.3 Å². The van der Waals surface area contributed by atoms with Crippen molar-refractivity contribution in [3.8, 4) is 6.07 Å². The highest BCUT2D eigenvalue weighted by molar-refractivity contribution is 4.88. The lowest BCUT2D eigenvalue weighted by Gasteiger charge is -2.29. The van der Waals surface area contributed by atoms with E-state index in [-0.39, 0.29) is 0 Å². The Hall–Kier alpha value is -0.630. The predicted molar refractivity (Wildman–Crippen MR) is 64.2 cm³/mol. The van der Waals surface area contributed by atoms with Crippen LogP contribution in [0.2, 0.25) is 0 Å². The predicted octanol–water partition coefficient (Wildman–Crippen LogP) is 0.941. The van der Waals surface area contributed by atoms with Crippen LogP contribution in [0.15, 0.2) is 0 Å². The average molecular weight is 225 g/mol. The van der Waals surface area contributed by atoms with Crippen molar-refractivity contribution in [2.75, 3.05) is 40.4 Å². The molecule has 0 N–H and O–H groups in total. The monoisotopic (exact) mass is 225 g/mol. The molecule has 0 amide bonds. The fraction of sp³-hybridized carbons (Fsp3) is 0.917. The Kier molecular flexibility index (Phi) is 5.75. The van der Waals surface area contributed by atoms with Crippen LogP contribution < -0.4 is 0 Å². The molecule has 0 aliphatic carbocycles. The Morgan fingerprint density at radius 1 is 1.50 bits per heavy atom. The summed E-state index contributed by atoms with van der Waals surface area (Å²) in [5.74, 6) is 0. The van der Waals surface area contributed by atoms with E-state index in [1.54, 1.807) is 7.11 Å². The Labute approximate surface area is 98.8 Å². The number of ether oxygens (including phenoxy) is 1. The van der Waals surface area contributed by atoms with Crippen molar-refractivity contribution in [1.29, 1.82) is 5.26 Å². The molecular formula is C12H23N3O. The van der Waals surface area contributed by atoms with Crippen LogP contribution in [0.1, 0.15) is 19.8 Å². The second kappa shape index (κ2) is 6.85. The zero-order chi connectivity index (χ0) is 12.0. The fourth-order valence-electron chi connectivity index (χ4n) is 2.19. The molecule has 1 heterocycles. The van der Waals surface area contributed by atoms with Crippen molar-refractivity contribution < 1.29 is 4.74 Å². The van der Waals surface area contributed by atoms with Gasteiger partial charge in [0.05, 0.1) is 19.1 Å². The summed E-state index contributed by atoms with van der Waals surface area (Å²) in [5.41, 5.74) is 0. The highest BCUT2D eigenvalue weighted by Crippen LogP contribution is 2.15. The van der Waals surface area contributed by atoms with E-state index in [1.807, 2.05) is 0 Å². The summed E-state index contributed by atoms with van der Waals surface area (Å²) in [5, 5.41) is 8.84. The first-order valence-electron chi connectivity index (χ1n) is 5.99. The Morgan fingerprint density at radius 2 is 2.25 bits per heavy atom. The third-order valence-corrected chi connectivity index (χ3v) is 3.50. The first-order chi connectivity index (χ1) is 7.69. The van der Waals surface area contributed by atoms with Crippen LogP contribution >= 0.6 is 0 Å². The summed E-state index contributed by atoms with van der Waals surface area (Å²) in [6.45, 7) is 6.06. The van der Waals surface area contributed by atoms with Gasteiger partial charge in [-0.2, -0.15) is 5.26 Å². The van der Waals surface area contributed by atoms with Gasteiger partial charge in [0.15, 0.2) is 0 Å². The molecule has 0 saturated carbocycles. The van der Waals surface area contributed by atoms with Gasteiger partial charge in [-0.3, -0.25) is 4.90 Å². The van der Waals surface area contributed by atoms with Crippen molar-refractivity contribution in [2.45, 2.75) is 31.8 Å². The quantitative estimate of drug-likeness (QED) is 0.714. The lowest BCUT2D eigenvalue weighted by atomic mass is 10.2. The molecule has 4 heteroatoms. The molecule has 0 bridgehead atoms. The molecule has 0 aromatic rings. The summed E-state index contributed by atoms with van der Waals surface area (Å²) >= 11 is 0. The first-order valence-corrected chi connectivity index (χ1v) is 5.99. The van der Waals surface area contributed by atoms with Gasteiger partial charge in [-0.05, 0) is 26.9 Å². The number of hydrogen-bond donors (Lipinski definition) is 0. The second-order valence-electron chi connectivity index (χ2n) is 4.62. The highest BCUT2D eigenvalue weighted by Gasteiger charge is 2.25. The third-order valence-electron chi connectivity index (χ3n) is 3.50. The van der Waals surface area contributed by atoms with Crippen LogP contribution in [0.25, 0.3) is 0 Å². The Morgan fingerprint density at radius 3 is 2.88 bits per heavy atom. The van der Waals surface area contributed by atoms with Gasteiger partial charge in [0.1, 0.15) is 0 Å². The number of nitrogens with zero attached hydrogens (tertiary/aromatic N) is 3. The van der Waals surface area contributed by atoms with Gasteiger partial charge in [0.25, 0.3) is 0 Å². The van der Waals surface area contributed by atoms with Crippen LogP contribution in [0.3, 0.4) is 0 Å². The number of nitriles is 1. The molecule has 0 aromatic carbocycles. The van der Waals surface area contributed by atoms with Gasteiger partial charge >= 0.3 is 0 Å². The van der Waals surface area contributed by atoms with E-state index in [0.29, 0.717) is 18.5 Å². The summed E-state index contributed by atoms with van der Waals surface area (Å²) in [4.78, 5) is 4.75. The van der Waals surface area contributed by atoms with Crippen molar-refractivity contribution in [1.82, 2.24) is 9.80 Å². The zero-order valence-electron chi connectivity index (χ0n) is 10.6. The SMILES string of the molecule is COCCN1CC(CC#N)N(C)CCC1C. The van der Waals surface area contributed by atoms with E-state index >= 15 is 0 Å². The van der Waals surface area contributed by atoms with Crippen LogP contribution in [0, 0.1) is 11.3 Å². The molecular weight excluding hydrogens is 202 g/mol. The summed E-state index contributed by atoms with van der Waals surface area (Å²) in [7, 11) is 3.86. The zero-order valence-corrected chi connectivity index (χ0v) is 10.6.